The van der Waals surface area contributed by atoms with Crippen LogP contribution in [0.25, 0.3) is 55.0 Å². The van der Waals surface area contributed by atoms with Crippen LogP contribution < -0.4 is 5.46 Å². The minimum Gasteiger partial charge on any atom is -0.399 e. The van der Waals surface area contributed by atoms with Crippen molar-refractivity contribution in [3.05, 3.63) is 103 Å². The summed E-state index contributed by atoms with van der Waals surface area (Å²) in [6.07, 6.45) is 1.84. The Bertz CT molecular complexity index is 1870. The first-order valence-electron chi connectivity index (χ1n) is 13.4. The summed E-state index contributed by atoms with van der Waals surface area (Å²) < 4.78 is 12.6. The van der Waals surface area contributed by atoms with Gasteiger partial charge in [0.05, 0.1) is 27.9 Å². The second kappa shape index (κ2) is 8.73. The van der Waals surface area contributed by atoms with Crippen molar-refractivity contribution in [1.29, 1.82) is 0 Å². The molecule has 0 N–H and O–H groups in total. The van der Waals surface area contributed by atoms with Crippen LogP contribution >= 0.6 is 0 Å². The van der Waals surface area contributed by atoms with Crippen LogP contribution in [0.5, 0.6) is 0 Å². The molecule has 0 bridgehead atoms. The van der Waals surface area contributed by atoms with Gasteiger partial charge < -0.3 is 9.31 Å². The lowest BCUT2D eigenvalue weighted by Gasteiger charge is -2.32. The van der Waals surface area contributed by atoms with Crippen molar-refractivity contribution in [2.24, 2.45) is 0 Å². The van der Waals surface area contributed by atoms with Crippen molar-refractivity contribution in [2.75, 3.05) is 0 Å². The molecule has 4 aromatic carbocycles. The average Bonchev–Trinajstić information content (AvgIpc) is 3.18. The number of pyridine rings is 2. The van der Waals surface area contributed by atoms with Gasteiger partial charge in [0.1, 0.15) is 0 Å². The van der Waals surface area contributed by atoms with E-state index in [-0.39, 0.29) is 18.3 Å². The van der Waals surface area contributed by atoms with Gasteiger partial charge in [-0.05, 0) is 73.3 Å². The molecule has 0 atom stereocenters. The van der Waals surface area contributed by atoms with Crippen LogP contribution in [-0.2, 0) is 9.31 Å². The van der Waals surface area contributed by atoms with Crippen molar-refractivity contribution in [1.82, 2.24) is 9.97 Å². The van der Waals surface area contributed by atoms with Crippen molar-refractivity contribution < 1.29 is 9.31 Å². The number of nitrogens with zero attached hydrogens (tertiary/aromatic N) is 2. The minimum absolute atomic E-state index is 0.367. The average molecular weight is 508 g/mol. The van der Waals surface area contributed by atoms with Crippen LogP contribution in [0.2, 0.25) is 0 Å². The molecule has 0 saturated carbocycles. The number of hydrogen-bond acceptors (Lipinski definition) is 4. The lowest BCUT2D eigenvalue weighted by molar-refractivity contribution is 0.00578. The fraction of sp³-hybridized carbons (Fsp3) is 0.176. The number of aromatic nitrogens is 2. The van der Waals surface area contributed by atoms with E-state index in [1.54, 1.807) is 0 Å². The summed E-state index contributed by atoms with van der Waals surface area (Å²) in [5.74, 6) is 0. The molecule has 0 unspecified atom stereocenters. The molecular weight excluding hydrogens is 479 g/mol. The van der Waals surface area contributed by atoms with Crippen molar-refractivity contribution in [3.8, 4) is 22.4 Å². The molecule has 7 rings (SSSR count). The van der Waals surface area contributed by atoms with Crippen LogP contribution in [0.3, 0.4) is 0 Å². The molecule has 190 valence electrons. The van der Waals surface area contributed by atoms with E-state index >= 15 is 0 Å². The predicted molar refractivity (Wildman–Crippen MR) is 161 cm³/mol. The first-order chi connectivity index (χ1) is 18.8. The highest BCUT2D eigenvalue weighted by atomic mass is 16.7. The zero-order valence-corrected chi connectivity index (χ0v) is 22.6. The molecule has 0 radical (unpaired) electrons. The minimum atomic E-state index is -0.379. The Balaban J connectivity index is 1.36. The summed E-state index contributed by atoms with van der Waals surface area (Å²) in [5, 5.41) is 4.47. The Morgan fingerprint density at radius 1 is 0.615 bits per heavy atom. The van der Waals surface area contributed by atoms with Gasteiger partial charge in [0, 0.05) is 22.5 Å². The first-order valence-corrected chi connectivity index (χ1v) is 13.4. The number of fused-ring (bicyclic) bond motifs is 4. The number of hydrogen-bond donors (Lipinski definition) is 0. The summed E-state index contributed by atoms with van der Waals surface area (Å²) in [6, 6.07) is 34.0. The van der Waals surface area contributed by atoms with Crippen molar-refractivity contribution >= 4 is 45.2 Å². The SMILES string of the molecule is CC1(C)OB(c2ccc3cc(-c4cc(-c5ccccc5)c5ccc6cccnc6c5n4)ccc3c2)OC1(C)C. The van der Waals surface area contributed by atoms with Crippen LogP contribution in [0.4, 0.5) is 0 Å². The van der Waals surface area contributed by atoms with Gasteiger partial charge in [-0.15, -0.1) is 0 Å². The van der Waals surface area contributed by atoms with Crippen molar-refractivity contribution in [3.63, 3.8) is 0 Å². The second-order valence-corrected chi connectivity index (χ2v) is 11.4. The predicted octanol–water partition coefficient (Wildman–Crippen LogP) is 7.57. The Morgan fingerprint density at radius 3 is 2.13 bits per heavy atom. The van der Waals surface area contributed by atoms with E-state index in [1.165, 1.54) is 0 Å². The highest BCUT2D eigenvalue weighted by Gasteiger charge is 2.51. The summed E-state index contributed by atoms with van der Waals surface area (Å²) in [6.45, 7) is 8.33. The molecule has 1 saturated heterocycles. The van der Waals surface area contributed by atoms with Crippen LogP contribution in [0.15, 0.2) is 103 Å². The van der Waals surface area contributed by atoms with Gasteiger partial charge in [-0.3, -0.25) is 4.98 Å². The zero-order valence-electron chi connectivity index (χ0n) is 22.6. The molecule has 0 aliphatic carbocycles. The molecule has 6 aromatic rings. The van der Waals surface area contributed by atoms with E-state index in [9.17, 15) is 0 Å². The van der Waals surface area contributed by atoms with E-state index in [0.29, 0.717) is 0 Å². The van der Waals surface area contributed by atoms with Gasteiger partial charge in [0.2, 0.25) is 0 Å². The van der Waals surface area contributed by atoms with E-state index < -0.39 is 0 Å². The smallest absolute Gasteiger partial charge is 0.399 e. The molecule has 4 nitrogen and oxygen atoms in total. The van der Waals surface area contributed by atoms with E-state index in [4.69, 9.17) is 19.3 Å². The van der Waals surface area contributed by atoms with Gasteiger partial charge in [-0.2, -0.15) is 0 Å². The highest BCUT2D eigenvalue weighted by Crippen LogP contribution is 2.38. The normalized spacial score (nSPS) is 16.4. The number of rotatable bonds is 3. The fourth-order valence-electron chi connectivity index (χ4n) is 5.38. The van der Waals surface area contributed by atoms with Gasteiger partial charge in [-0.25, -0.2) is 4.98 Å². The third kappa shape index (κ3) is 4.01. The summed E-state index contributed by atoms with van der Waals surface area (Å²) in [5.41, 5.74) is 6.44. The maximum atomic E-state index is 6.29. The Morgan fingerprint density at radius 2 is 1.33 bits per heavy atom. The van der Waals surface area contributed by atoms with Crippen LogP contribution in [-0.4, -0.2) is 28.3 Å². The van der Waals surface area contributed by atoms with Crippen molar-refractivity contribution in [2.45, 2.75) is 38.9 Å². The van der Waals surface area contributed by atoms with Gasteiger partial charge in [0.15, 0.2) is 0 Å². The van der Waals surface area contributed by atoms with Crippen LogP contribution in [0.1, 0.15) is 27.7 Å². The topological polar surface area (TPSA) is 44.2 Å². The van der Waals surface area contributed by atoms with Gasteiger partial charge in [-0.1, -0.05) is 78.9 Å². The fourth-order valence-corrected chi connectivity index (χ4v) is 5.38. The highest BCUT2D eigenvalue weighted by molar-refractivity contribution is 6.62. The molecule has 1 fully saturated rings. The molecule has 0 spiro atoms. The Labute approximate surface area is 228 Å². The third-order valence-electron chi connectivity index (χ3n) is 8.32. The summed E-state index contributed by atoms with van der Waals surface area (Å²) in [4.78, 5) is 9.89. The molecule has 5 heteroatoms. The summed E-state index contributed by atoms with van der Waals surface area (Å²) in [7, 11) is -0.379. The standard InChI is InChI=1S/C34H29BN2O2/c1-33(2)34(3,4)39-35(38-33)27-16-14-24-19-26(13-12-25(24)20-27)30-21-29(22-9-6-5-7-10-22)28-17-15-23-11-8-18-36-31(23)32(28)37-30/h5-21H,1-4H3. The molecule has 1 aliphatic rings. The first kappa shape index (κ1) is 24.0. The molecule has 2 aromatic heterocycles. The second-order valence-electron chi connectivity index (χ2n) is 11.4. The maximum absolute atomic E-state index is 6.29. The van der Waals surface area contributed by atoms with E-state index in [2.05, 4.69) is 113 Å². The van der Waals surface area contributed by atoms with Gasteiger partial charge in [0.25, 0.3) is 0 Å². The Kier molecular flexibility index (Phi) is 5.38. The Hall–Kier alpha value is -4.06. The quantitative estimate of drug-likeness (QED) is 0.183. The molecule has 3 heterocycles. The number of benzene rings is 4. The van der Waals surface area contributed by atoms with E-state index in [1.807, 2.05) is 18.3 Å². The van der Waals surface area contributed by atoms with Crippen LogP contribution in [0, 0.1) is 0 Å². The summed E-state index contributed by atoms with van der Waals surface area (Å²) >= 11 is 0. The molecule has 39 heavy (non-hydrogen) atoms. The molecular formula is C34H29BN2O2. The zero-order chi connectivity index (χ0) is 26.8. The lowest BCUT2D eigenvalue weighted by atomic mass is 9.78. The molecule has 0 amide bonds. The molecule has 1 aliphatic heterocycles. The largest absolute Gasteiger partial charge is 0.494 e. The maximum Gasteiger partial charge on any atom is 0.494 e. The third-order valence-corrected chi connectivity index (χ3v) is 8.32. The monoisotopic (exact) mass is 508 g/mol. The van der Waals surface area contributed by atoms with E-state index in [0.717, 1.165) is 60.4 Å². The van der Waals surface area contributed by atoms with Gasteiger partial charge >= 0.3 is 7.12 Å². The lowest BCUT2D eigenvalue weighted by Crippen LogP contribution is -2.41.